The fourth-order valence-electron chi connectivity index (χ4n) is 1.80. The molecule has 0 radical (unpaired) electrons. The van der Waals surface area contributed by atoms with Gasteiger partial charge in [-0.05, 0) is 66.0 Å². The SMILES string of the molecule is Cc1cc(Br)ccc1OCCNCCc1ccsc1. The first kappa shape index (κ1) is 14.6. The molecule has 2 nitrogen and oxygen atoms in total. The number of rotatable bonds is 7. The van der Waals surface area contributed by atoms with Gasteiger partial charge in [0.25, 0.3) is 0 Å². The molecule has 0 saturated heterocycles. The van der Waals surface area contributed by atoms with Crippen LogP contribution in [0.3, 0.4) is 0 Å². The van der Waals surface area contributed by atoms with Gasteiger partial charge in [-0.3, -0.25) is 0 Å². The zero-order valence-corrected chi connectivity index (χ0v) is 13.4. The molecular weight excluding hydrogens is 322 g/mol. The van der Waals surface area contributed by atoms with Crippen LogP contribution in [-0.2, 0) is 6.42 Å². The Hall–Kier alpha value is -0.840. The van der Waals surface area contributed by atoms with Crippen molar-refractivity contribution in [1.82, 2.24) is 5.32 Å². The topological polar surface area (TPSA) is 21.3 Å². The van der Waals surface area contributed by atoms with E-state index < -0.39 is 0 Å². The molecule has 0 aliphatic carbocycles. The van der Waals surface area contributed by atoms with Gasteiger partial charge in [-0.1, -0.05) is 15.9 Å². The molecule has 0 amide bonds. The van der Waals surface area contributed by atoms with Gasteiger partial charge < -0.3 is 10.1 Å². The zero-order chi connectivity index (χ0) is 13.5. The number of thiophene rings is 1. The van der Waals surface area contributed by atoms with E-state index in [0.29, 0.717) is 6.61 Å². The Morgan fingerprint density at radius 2 is 2.16 bits per heavy atom. The van der Waals surface area contributed by atoms with Crippen LogP contribution in [0.4, 0.5) is 0 Å². The Labute approximate surface area is 126 Å². The number of benzene rings is 1. The molecule has 0 aliphatic rings. The predicted octanol–water partition coefficient (Wildman–Crippen LogP) is 4.03. The van der Waals surface area contributed by atoms with Gasteiger partial charge in [-0.25, -0.2) is 0 Å². The van der Waals surface area contributed by atoms with Gasteiger partial charge in [-0.2, -0.15) is 11.3 Å². The Morgan fingerprint density at radius 3 is 2.89 bits per heavy atom. The second-order valence-electron chi connectivity index (χ2n) is 4.39. The number of halogens is 1. The average Bonchev–Trinajstić information content (AvgIpc) is 2.89. The maximum absolute atomic E-state index is 5.75. The lowest BCUT2D eigenvalue weighted by Crippen LogP contribution is -2.23. The molecule has 0 aliphatic heterocycles. The summed E-state index contributed by atoms with van der Waals surface area (Å²) in [5, 5.41) is 7.71. The van der Waals surface area contributed by atoms with Gasteiger partial charge in [0.1, 0.15) is 12.4 Å². The fourth-order valence-corrected chi connectivity index (χ4v) is 2.98. The largest absolute Gasteiger partial charge is 0.492 e. The first-order valence-corrected chi connectivity index (χ1v) is 8.10. The molecule has 19 heavy (non-hydrogen) atoms. The molecule has 0 spiro atoms. The van der Waals surface area contributed by atoms with E-state index >= 15 is 0 Å². The summed E-state index contributed by atoms with van der Waals surface area (Å²) >= 11 is 5.20. The van der Waals surface area contributed by atoms with E-state index in [0.717, 1.165) is 35.3 Å². The van der Waals surface area contributed by atoms with Crippen LogP contribution < -0.4 is 10.1 Å². The van der Waals surface area contributed by atoms with Gasteiger partial charge in [-0.15, -0.1) is 0 Å². The highest BCUT2D eigenvalue weighted by atomic mass is 79.9. The zero-order valence-electron chi connectivity index (χ0n) is 11.0. The second kappa shape index (κ2) is 7.68. The molecule has 4 heteroatoms. The Bertz CT molecular complexity index is 499. The monoisotopic (exact) mass is 339 g/mol. The summed E-state index contributed by atoms with van der Waals surface area (Å²) in [5.74, 6) is 0.961. The van der Waals surface area contributed by atoms with E-state index in [1.54, 1.807) is 11.3 Å². The van der Waals surface area contributed by atoms with Gasteiger partial charge in [0.05, 0.1) is 0 Å². The van der Waals surface area contributed by atoms with Crippen LogP contribution in [0, 0.1) is 6.92 Å². The van der Waals surface area contributed by atoms with E-state index in [9.17, 15) is 0 Å². The standard InChI is InChI=1S/C15H18BrNOS/c1-12-10-14(16)2-3-15(12)18-8-7-17-6-4-13-5-9-19-11-13/h2-3,5,9-11,17H,4,6-8H2,1H3. The van der Waals surface area contributed by atoms with Crippen molar-refractivity contribution in [2.75, 3.05) is 19.7 Å². The molecular formula is C15H18BrNOS. The van der Waals surface area contributed by atoms with Gasteiger partial charge >= 0.3 is 0 Å². The van der Waals surface area contributed by atoms with E-state index in [4.69, 9.17) is 4.74 Å². The molecule has 1 aromatic heterocycles. The summed E-state index contributed by atoms with van der Waals surface area (Å²) in [5.41, 5.74) is 2.56. The lowest BCUT2D eigenvalue weighted by molar-refractivity contribution is 0.312. The minimum atomic E-state index is 0.701. The number of ether oxygens (including phenoxy) is 1. The minimum Gasteiger partial charge on any atom is -0.492 e. The summed E-state index contributed by atoms with van der Waals surface area (Å²) in [6.07, 6.45) is 1.08. The lowest BCUT2D eigenvalue weighted by Gasteiger charge is -2.10. The molecule has 0 fully saturated rings. The molecule has 1 N–H and O–H groups in total. The quantitative estimate of drug-likeness (QED) is 0.769. The van der Waals surface area contributed by atoms with Crippen molar-refractivity contribution in [3.05, 3.63) is 50.6 Å². The Balaban J connectivity index is 1.61. The van der Waals surface area contributed by atoms with Gasteiger partial charge in [0.2, 0.25) is 0 Å². The third-order valence-corrected chi connectivity index (χ3v) is 4.07. The number of hydrogen-bond donors (Lipinski definition) is 1. The molecule has 2 rings (SSSR count). The number of aryl methyl sites for hydroxylation is 1. The van der Waals surface area contributed by atoms with E-state index in [1.165, 1.54) is 5.56 Å². The molecule has 102 valence electrons. The normalized spacial score (nSPS) is 10.6. The maximum Gasteiger partial charge on any atom is 0.122 e. The van der Waals surface area contributed by atoms with E-state index in [2.05, 4.69) is 51.1 Å². The Morgan fingerprint density at radius 1 is 1.26 bits per heavy atom. The van der Waals surface area contributed by atoms with Gasteiger partial charge in [0.15, 0.2) is 0 Å². The maximum atomic E-state index is 5.75. The smallest absolute Gasteiger partial charge is 0.122 e. The lowest BCUT2D eigenvalue weighted by atomic mass is 10.2. The first-order valence-electron chi connectivity index (χ1n) is 6.36. The highest BCUT2D eigenvalue weighted by Crippen LogP contribution is 2.21. The summed E-state index contributed by atoms with van der Waals surface area (Å²) < 4.78 is 6.84. The molecule has 1 aromatic carbocycles. The van der Waals surface area contributed by atoms with Crippen LogP contribution in [0.25, 0.3) is 0 Å². The van der Waals surface area contributed by atoms with Crippen molar-refractivity contribution >= 4 is 27.3 Å². The van der Waals surface area contributed by atoms with Crippen molar-refractivity contribution in [3.63, 3.8) is 0 Å². The van der Waals surface area contributed by atoms with Crippen molar-refractivity contribution in [3.8, 4) is 5.75 Å². The molecule has 2 aromatic rings. The van der Waals surface area contributed by atoms with Crippen LogP contribution in [0.1, 0.15) is 11.1 Å². The molecule has 0 atom stereocenters. The van der Waals surface area contributed by atoms with Crippen molar-refractivity contribution < 1.29 is 4.74 Å². The molecule has 0 bridgehead atoms. The molecule has 0 unspecified atom stereocenters. The van der Waals surface area contributed by atoms with E-state index in [1.807, 2.05) is 12.1 Å². The minimum absolute atomic E-state index is 0.701. The van der Waals surface area contributed by atoms with Crippen molar-refractivity contribution in [1.29, 1.82) is 0 Å². The van der Waals surface area contributed by atoms with Gasteiger partial charge in [0, 0.05) is 11.0 Å². The van der Waals surface area contributed by atoms with Crippen molar-refractivity contribution in [2.45, 2.75) is 13.3 Å². The highest BCUT2D eigenvalue weighted by molar-refractivity contribution is 9.10. The molecule has 1 heterocycles. The summed E-state index contributed by atoms with van der Waals surface area (Å²) in [6.45, 7) is 4.63. The second-order valence-corrected chi connectivity index (χ2v) is 6.09. The molecule has 0 saturated carbocycles. The van der Waals surface area contributed by atoms with Crippen LogP contribution >= 0.6 is 27.3 Å². The van der Waals surface area contributed by atoms with Crippen molar-refractivity contribution in [2.24, 2.45) is 0 Å². The summed E-state index contributed by atoms with van der Waals surface area (Å²) in [6, 6.07) is 8.25. The summed E-state index contributed by atoms with van der Waals surface area (Å²) in [4.78, 5) is 0. The third kappa shape index (κ3) is 4.97. The Kier molecular flexibility index (Phi) is 5.89. The average molecular weight is 340 g/mol. The fraction of sp³-hybridized carbons (Fsp3) is 0.333. The van der Waals surface area contributed by atoms with Crippen LogP contribution in [0.2, 0.25) is 0 Å². The number of nitrogens with one attached hydrogen (secondary N) is 1. The first-order chi connectivity index (χ1) is 9.25. The number of hydrogen-bond acceptors (Lipinski definition) is 3. The predicted molar refractivity (Wildman–Crippen MR) is 85.3 cm³/mol. The summed E-state index contributed by atoms with van der Waals surface area (Å²) in [7, 11) is 0. The van der Waals surface area contributed by atoms with Crippen LogP contribution in [0.15, 0.2) is 39.5 Å². The van der Waals surface area contributed by atoms with E-state index in [-0.39, 0.29) is 0 Å². The third-order valence-electron chi connectivity index (χ3n) is 2.84. The van der Waals surface area contributed by atoms with Crippen LogP contribution in [0.5, 0.6) is 5.75 Å². The highest BCUT2D eigenvalue weighted by Gasteiger charge is 1.99. The van der Waals surface area contributed by atoms with Crippen LogP contribution in [-0.4, -0.2) is 19.7 Å².